The Morgan fingerprint density at radius 2 is 1.59 bits per heavy atom. The van der Waals surface area contributed by atoms with E-state index in [2.05, 4.69) is 15.5 Å². The van der Waals surface area contributed by atoms with Crippen LogP contribution in [-0.2, 0) is 0 Å². The number of anilines is 1. The molecule has 1 heterocycles. The summed E-state index contributed by atoms with van der Waals surface area (Å²) < 4.78 is 27.6. The molecule has 29 heavy (non-hydrogen) atoms. The number of nitrogens with one attached hydrogen (secondary N) is 2. The number of Topliss-reactive ketones (excluding diaryl/α,β-unsaturated/α-hetero) is 1. The molecule has 0 fully saturated rings. The molecule has 1 aromatic heterocycles. The van der Waals surface area contributed by atoms with Gasteiger partial charge in [0.05, 0.1) is 5.52 Å². The van der Waals surface area contributed by atoms with Gasteiger partial charge in [-0.3, -0.25) is 14.7 Å². The van der Waals surface area contributed by atoms with Gasteiger partial charge in [0, 0.05) is 10.9 Å². The second kappa shape index (κ2) is 7.27. The highest BCUT2D eigenvalue weighted by atomic mass is 19.1. The lowest BCUT2D eigenvalue weighted by Crippen LogP contribution is -2.16. The maximum absolute atomic E-state index is 13.8. The molecule has 0 aliphatic rings. The SMILES string of the molecule is CC(=O)c1ccc(-c2ccc3c(NC(=O)c4c(F)cccc4F)n[nH]c3c2)cc1. The average molecular weight is 391 g/mol. The minimum Gasteiger partial charge on any atom is -0.304 e. The van der Waals surface area contributed by atoms with Crippen LogP contribution >= 0.6 is 0 Å². The van der Waals surface area contributed by atoms with Crippen LogP contribution in [-0.4, -0.2) is 21.9 Å². The Morgan fingerprint density at radius 1 is 0.931 bits per heavy atom. The number of halogens is 2. The van der Waals surface area contributed by atoms with Gasteiger partial charge in [-0.15, -0.1) is 0 Å². The number of benzene rings is 3. The van der Waals surface area contributed by atoms with E-state index in [1.165, 1.54) is 13.0 Å². The number of rotatable bonds is 4. The predicted molar refractivity (Wildman–Crippen MR) is 106 cm³/mol. The van der Waals surface area contributed by atoms with Gasteiger partial charge in [-0.1, -0.05) is 36.4 Å². The summed E-state index contributed by atoms with van der Waals surface area (Å²) in [5, 5.41) is 9.89. The summed E-state index contributed by atoms with van der Waals surface area (Å²) in [6, 6.07) is 15.8. The van der Waals surface area contributed by atoms with Crippen molar-refractivity contribution in [2.75, 3.05) is 5.32 Å². The van der Waals surface area contributed by atoms with Crippen LogP contribution < -0.4 is 5.32 Å². The Hall–Kier alpha value is -3.87. The number of aromatic amines is 1. The Kier molecular flexibility index (Phi) is 4.64. The van der Waals surface area contributed by atoms with Gasteiger partial charge in [0.2, 0.25) is 0 Å². The molecule has 0 bridgehead atoms. The molecule has 2 N–H and O–H groups in total. The summed E-state index contributed by atoms with van der Waals surface area (Å²) in [6.45, 7) is 1.51. The zero-order valence-electron chi connectivity index (χ0n) is 15.3. The fraction of sp³-hybridized carbons (Fsp3) is 0.0455. The molecule has 7 heteroatoms. The lowest BCUT2D eigenvalue weighted by molar-refractivity contribution is 0.100. The molecule has 0 unspecified atom stereocenters. The van der Waals surface area contributed by atoms with Crippen LogP contribution in [0, 0.1) is 11.6 Å². The minimum absolute atomic E-state index is 0.00718. The van der Waals surface area contributed by atoms with Crippen molar-refractivity contribution < 1.29 is 18.4 Å². The number of amides is 1. The quantitative estimate of drug-likeness (QED) is 0.483. The molecule has 0 aliphatic heterocycles. The van der Waals surface area contributed by atoms with Crippen LogP contribution in [0.5, 0.6) is 0 Å². The smallest absolute Gasteiger partial charge is 0.262 e. The first-order valence-electron chi connectivity index (χ1n) is 8.79. The van der Waals surface area contributed by atoms with E-state index in [0.717, 1.165) is 23.3 Å². The zero-order valence-corrected chi connectivity index (χ0v) is 15.3. The minimum atomic E-state index is -0.946. The molecule has 0 aliphatic carbocycles. The first-order valence-corrected chi connectivity index (χ1v) is 8.79. The lowest BCUT2D eigenvalue weighted by Gasteiger charge is -2.06. The van der Waals surface area contributed by atoms with E-state index < -0.39 is 23.1 Å². The fourth-order valence-electron chi connectivity index (χ4n) is 3.08. The number of carbonyl (C=O) groups excluding carboxylic acids is 2. The zero-order chi connectivity index (χ0) is 20.5. The van der Waals surface area contributed by atoms with Gasteiger partial charge in [-0.2, -0.15) is 5.10 Å². The number of aromatic nitrogens is 2. The first kappa shape index (κ1) is 18.5. The molecule has 0 atom stereocenters. The van der Waals surface area contributed by atoms with Crippen LogP contribution in [0.4, 0.5) is 14.6 Å². The van der Waals surface area contributed by atoms with Crippen LogP contribution in [0.1, 0.15) is 27.6 Å². The van der Waals surface area contributed by atoms with Crippen LogP contribution in [0.2, 0.25) is 0 Å². The number of hydrogen-bond donors (Lipinski definition) is 2. The van der Waals surface area contributed by atoms with Crippen molar-refractivity contribution in [3.05, 3.63) is 83.4 Å². The number of nitrogens with zero attached hydrogens (tertiary/aromatic N) is 1. The second-order valence-corrected chi connectivity index (χ2v) is 6.52. The van der Waals surface area contributed by atoms with E-state index in [0.29, 0.717) is 16.5 Å². The molecule has 144 valence electrons. The van der Waals surface area contributed by atoms with Crippen LogP contribution in [0.25, 0.3) is 22.0 Å². The summed E-state index contributed by atoms with van der Waals surface area (Å²) in [6.07, 6.45) is 0. The third-order valence-corrected chi connectivity index (χ3v) is 4.61. The highest BCUT2D eigenvalue weighted by Gasteiger charge is 2.19. The molecule has 0 saturated heterocycles. The van der Waals surface area contributed by atoms with Crippen molar-refractivity contribution in [2.24, 2.45) is 0 Å². The summed E-state index contributed by atoms with van der Waals surface area (Å²) in [4.78, 5) is 23.7. The number of fused-ring (bicyclic) bond motifs is 1. The third-order valence-electron chi connectivity index (χ3n) is 4.61. The molecule has 0 spiro atoms. The second-order valence-electron chi connectivity index (χ2n) is 6.52. The molecule has 0 radical (unpaired) electrons. The molecule has 4 aromatic rings. The number of carbonyl (C=O) groups is 2. The van der Waals surface area contributed by atoms with E-state index in [-0.39, 0.29) is 11.6 Å². The maximum Gasteiger partial charge on any atom is 0.262 e. The van der Waals surface area contributed by atoms with Crippen molar-refractivity contribution >= 4 is 28.4 Å². The van der Waals surface area contributed by atoms with Crippen molar-refractivity contribution in [1.82, 2.24) is 10.2 Å². The summed E-state index contributed by atoms with van der Waals surface area (Å²) in [5.41, 5.74) is 2.40. The largest absolute Gasteiger partial charge is 0.304 e. The number of ketones is 1. The van der Waals surface area contributed by atoms with Crippen molar-refractivity contribution in [1.29, 1.82) is 0 Å². The third kappa shape index (κ3) is 3.50. The highest BCUT2D eigenvalue weighted by molar-refractivity contribution is 6.08. The Balaban J connectivity index is 1.63. The van der Waals surface area contributed by atoms with E-state index in [9.17, 15) is 18.4 Å². The van der Waals surface area contributed by atoms with Gasteiger partial charge in [0.1, 0.15) is 17.2 Å². The molecule has 3 aromatic carbocycles. The molecule has 4 rings (SSSR count). The number of H-pyrrole nitrogens is 1. The van der Waals surface area contributed by atoms with E-state index in [1.54, 1.807) is 18.2 Å². The van der Waals surface area contributed by atoms with Gasteiger partial charge in [-0.25, -0.2) is 8.78 Å². The van der Waals surface area contributed by atoms with Gasteiger partial charge in [0.25, 0.3) is 5.91 Å². The summed E-state index contributed by atoms with van der Waals surface area (Å²) >= 11 is 0. The Morgan fingerprint density at radius 3 is 2.24 bits per heavy atom. The number of hydrogen-bond acceptors (Lipinski definition) is 3. The standard InChI is InChI=1S/C22H15F2N3O2/c1-12(28)13-5-7-14(8-6-13)15-9-10-16-19(11-15)26-27-21(16)25-22(29)20-17(23)3-2-4-18(20)24/h2-11H,1H3,(H2,25,26,27,29). The molecule has 1 amide bonds. The first-order chi connectivity index (χ1) is 13.9. The molecule has 0 saturated carbocycles. The topological polar surface area (TPSA) is 74.8 Å². The predicted octanol–water partition coefficient (Wildman–Crippen LogP) is 4.96. The van der Waals surface area contributed by atoms with Crippen LogP contribution in [0.3, 0.4) is 0 Å². The van der Waals surface area contributed by atoms with Gasteiger partial charge < -0.3 is 5.32 Å². The van der Waals surface area contributed by atoms with E-state index >= 15 is 0 Å². The van der Waals surface area contributed by atoms with E-state index in [1.807, 2.05) is 24.3 Å². The summed E-state index contributed by atoms with van der Waals surface area (Å²) in [7, 11) is 0. The molecule has 5 nitrogen and oxygen atoms in total. The Bertz CT molecular complexity index is 1230. The van der Waals surface area contributed by atoms with Gasteiger partial charge >= 0.3 is 0 Å². The molecular weight excluding hydrogens is 376 g/mol. The van der Waals surface area contributed by atoms with Crippen molar-refractivity contribution in [3.8, 4) is 11.1 Å². The Labute approximate surface area is 164 Å². The van der Waals surface area contributed by atoms with Crippen LogP contribution in [0.15, 0.2) is 60.7 Å². The molecular formula is C22H15F2N3O2. The maximum atomic E-state index is 13.8. The lowest BCUT2D eigenvalue weighted by atomic mass is 10.0. The normalized spacial score (nSPS) is 10.9. The van der Waals surface area contributed by atoms with Gasteiger partial charge in [0.15, 0.2) is 11.6 Å². The van der Waals surface area contributed by atoms with Crippen molar-refractivity contribution in [3.63, 3.8) is 0 Å². The van der Waals surface area contributed by atoms with E-state index in [4.69, 9.17) is 0 Å². The summed E-state index contributed by atoms with van der Waals surface area (Å²) in [5.74, 6) is -2.64. The van der Waals surface area contributed by atoms with Gasteiger partial charge in [-0.05, 0) is 42.3 Å². The average Bonchev–Trinajstić information content (AvgIpc) is 3.10. The fourth-order valence-corrected chi connectivity index (χ4v) is 3.08. The highest BCUT2D eigenvalue weighted by Crippen LogP contribution is 2.28. The monoisotopic (exact) mass is 391 g/mol. The van der Waals surface area contributed by atoms with Crippen molar-refractivity contribution in [2.45, 2.75) is 6.92 Å².